The lowest BCUT2D eigenvalue weighted by atomic mass is 10.1. The number of benzene rings is 1. The zero-order chi connectivity index (χ0) is 9.26. The third-order valence-corrected chi connectivity index (χ3v) is 1.88. The Balaban J connectivity index is 2.44. The standard InChI is InChI=1S/C10H10N2O/c1-12(13)7-8-6-11-10-5-3-2-4-9(8)10/h2-7,13H,1H3/b8-7+. The molecular formula is C10H10N2O. The highest BCUT2D eigenvalue weighted by molar-refractivity contribution is 6.16. The van der Waals surface area contributed by atoms with Crippen LogP contribution >= 0.6 is 0 Å². The second kappa shape index (κ2) is 3.03. The lowest BCUT2D eigenvalue weighted by Crippen LogP contribution is -2.03. The maximum Gasteiger partial charge on any atom is 0.0709 e. The lowest BCUT2D eigenvalue weighted by Gasteiger charge is -2.04. The van der Waals surface area contributed by atoms with Crippen molar-refractivity contribution in [2.24, 2.45) is 4.99 Å². The molecule has 0 amide bonds. The summed E-state index contributed by atoms with van der Waals surface area (Å²) >= 11 is 0. The van der Waals surface area contributed by atoms with E-state index in [2.05, 4.69) is 4.99 Å². The molecule has 13 heavy (non-hydrogen) atoms. The normalized spacial score (nSPS) is 16.3. The monoisotopic (exact) mass is 174 g/mol. The van der Waals surface area contributed by atoms with Crippen molar-refractivity contribution in [3.63, 3.8) is 0 Å². The smallest absolute Gasteiger partial charge is 0.0709 e. The first kappa shape index (κ1) is 8.01. The Bertz CT molecular complexity index is 380. The Morgan fingerprint density at radius 3 is 2.92 bits per heavy atom. The van der Waals surface area contributed by atoms with E-state index >= 15 is 0 Å². The Labute approximate surface area is 76.6 Å². The van der Waals surface area contributed by atoms with Gasteiger partial charge in [0.2, 0.25) is 0 Å². The Hall–Kier alpha value is -1.61. The van der Waals surface area contributed by atoms with Crippen molar-refractivity contribution >= 4 is 17.5 Å². The fourth-order valence-electron chi connectivity index (χ4n) is 1.34. The molecule has 0 fully saturated rings. The molecule has 1 aliphatic heterocycles. The number of hydroxylamine groups is 2. The molecule has 3 heteroatoms. The first-order chi connectivity index (χ1) is 6.27. The van der Waals surface area contributed by atoms with Crippen LogP contribution in [0.5, 0.6) is 0 Å². The van der Waals surface area contributed by atoms with E-state index in [4.69, 9.17) is 5.21 Å². The molecule has 1 aromatic carbocycles. The predicted molar refractivity (Wildman–Crippen MR) is 52.1 cm³/mol. The van der Waals surface area contributed by atoms with Crippen molar-refractivity contribution in [2.75, 3.05) is 7.05 Å². The van der Waals surface area contributed by atoms with Gasteiger partial charge in [-0.3, -0.25) is 15.3 Å². The second-order valence-corrected chi connectivity index (χ2v) is 2.93. The average Bonchev–Trinajstić information content (AvgIpc) is 2.48. The van der Waals surface area contributed by atoms with Crippen molar-refractivity contribution in [3.8, 4) is 0 Å². The summed E-state index contributed by atoms with van der Waals surface area (Å²) in [6.07, 6.45) is 3.38. The van der Waals surface area contributed by atoms with Gasteiger partial charge in [0.25, 0.3) is 0 Å². The Morgan fingerprint density at radius 2 is 2.15 bits per heavy atom. The molecule has 0 atom stereocenters. The largest absolute Gasteiger partial charge is 0.289 e. The van der Waals surface area contributed by atoms with Gasteiger partial charge in [-0.1, -0.05) is 18.2 Å². The van der Waals surface area contributed by atoms with E-state index in [1.54, 1.807) is 19.5 Å². The van der Waals surface area contributed by atoms with Crippen molar-refractivity contribution in [1.29, 1.82) is 0 Å². The molecule has 1 aliphatic rings. The molecule has 66 valence electrons. The van der Waals surface area contributed by atoms with E-state index in [0.29, 0.717) is 0 Å². The van der Waals surface area contributed by atoms with Gasteiger partial charge in [-0.2, -0.15) is 0 Å². The van der Waals surface area contributed by atoms with Crippen LogP contribution in [0.4, 0.5) is 5.69 Å². The molecule has 0 aromatic heterocycles. The number of hydrogen-bond donors (Lipinski definition) is 1. The number of aliphatic imine (C=N–C) groups is 1. The summed E-state index contributed by atoms with van der Waals surface area (Å²) in [5, 5.41) is 10.1. The van der Waals surface area contributed by atoms with Gasteiger partial charge in [0.1, 0.15) is 0 Å². The minimum absolute atomic E-state index is 0.931. The van der Waals surface area contributed by atoms with Gasteiger partial charge < -0.3 is 0 Å². The average molecular weight is 174 g/mol. The first-order valence-electron chi connectivity index (χ1n) is 4.04. The SMILES string of the molecule is CN(O)/C=C1\C=Nc2ccccc21. The van der Waals surface area contributed by atoms with E-state index in [0.717, 1.165) is 21.9 Å². The Morgan fingerprint density at radius 1 is 1.38 bits per heavy atom. The number of hydrogen-bond acceptors (Lipinski definition) is 3. The van der Waals surface area contributed by atoms with Crippen LogP contribution in [0.1, 0.15) is 5.56 Å². The quantitative estimate of drug-likeness (QED) is 0.661. The van der Waals surface area contributed by atoms with E-state index in [9.17, 15) is 0 Å². The minimum Gasteiger partial charge on any atom is -0.289 e. The highest BCUT2D eigenvalue weighted by Gasteiger charge is 2.10. The first-order valence-corrected chi connectivity index (χ1v) is 4.04. The van der Waals surface area contributed by atoms with Gasteiger partial charge >= 0.3 is 0 Å². The van der Waals surface area contributed by atoms with Gasteiger partial charge in [0.15, 0.2) is 0 Å². The number of nitrogens with zero attached hydrogens (tertiary/aromatic N) is 2. The van der Waals surface area contributed by atoms with E-state index in [1.165, 1.54) is 0 Å². The van der Waals surface area contributed by atoms with Gasteiger partial charge in [-0.15, -0.1) is 0 Å². The molecule has 0 aliphatic carbocycles. The van der Waals surface area contributed by atoms with Crippen LogP contribution in [0.15, 0.2) is 35.5 Å². The van der Waals surface area contributed by atoms with Gasteiger partial charge in [0, 0.05) is 30.6 Å². The van der Waals surface area contributed by atoms with Crippen molar-refractivity contribution in [3.05, 3.63) is 36.0 Å². The number of para-hydroxylation sites is 1. The third-order valence-electron chi connectivity index (χ3n) is 1.88. The zero-order valence-corrected chi connectivity index (χ0v) is 7.31. The molecule has 1 heterocycles. The van der Waals surface area contributed by atoms with Crippen LogP contribution in [0.25, 0.3) is 5.57 Å². The molecule has 0 bridgehead atoms. The molecule has 1 aromatic rings. The lowest BCUT2D eigenvalue weighted by molar-refractivity contribution is -0.0120. The molecule has 1 N–H and O–H groups in total. The van der Waals surface area contributed by atoms with E-state index in [-0.39, 0.29) is 0 Å². The van der Waals surface area contributed by atoms with Crippen LogP contribution in [0.2, 0.25) is 0 Å². The van der Waals surface area contributed by atoms with Crippen LogP contribution in [-0.2, 0) is 0 Å². The molecule has 0 spiro atoms. The van der Waals surface area contributed by atoms with Gasteiger partial charge in [0.05, 0.1) is 5.69 Å². The maximum absolute atomic E-state index is 9.03. The summed E-state index contributed by atoms with van der Waals surface area (Å²) in [6, 6.07) is 7.84. The predicted octanol–water partition coefficient (Wildman–Crippen LogP) is 2.06. The molecule has 0 saturated carbocycles. The van der Waals surface area contributed by atoms with E-state index in [1.807, 2.05) is 24.3 Å². The van der Waals surface area contributed by atoms with E-state index < -0.39 is 0 Å². The van der Waals surface area contributed by atoms with Crippen molar-refractivity contribution in [1.82, 2.24) is 5.06 Å². The van der Waals surface area contributed by atoms with Gasteiger partial charge in [-0.25, -0.2) is 0 Å². The van der Waals surface area contributed by atoms with Crippen molar-refractivity contribution in [2.45, 2.75) is 0 Å². The van der Waals surface area contributed by atoms with Crippen LogP contribution in [0.3, 0.4) is 0 Å². The molecular weight excluding hydrogens is 164 g/mol. The molecule has 0 unspecified atom stereocenters. The number of fused-ring (bicyclic) bond motifs is 1. The summed E-state index contributed by atoms with van der Waals surface area (Å²) in [5.41, 5.74) is 2.94. The highest BCUT2D eigenvalue weighted by Crippen LogP contribution is 2.30. The summed E-state index contributed by atoms with van der Waals surface area (Å²) in [5.74, 6) is 0. The Kier molecular flexibility index (Phi) is 1.87. The minimum atomic E-state index is 0.931. The third kappa shape index (κ3) is 1.46. The molecule has 0 saturated heterocycles. The van der Waals surface area contributed by atoms with Crippen LogP contribution in [-0.4, -0.2) is 23.5 Å². The van der Waals surface area contributed by atoms with Crippen LogP contribution < -0.4 is 0 Å². The molecule has 3 nitrogen and oxygen atoms in total. The molecule has 0 radical (unpaired) electrons. The fraction of sp³-hybridized carbons (Fsp3) is 0.100. The summed E-state index contributed by atoms with van der Waals surface area (Å²) in [7, 11) is 1.57. The summed E-state index contributed by atoms with van der Waals surface area (Å²) in [4.78, 5) is 4.20. The fourth-order valence-corrected chi connectivity index (χ4v) is 1.34. The van der Waals surface area contributed by atoms with Crippen molar-refractivity contribution < 1.29 is 5.21 Å². The maximum atomic E-state index is 9.03. The summed E-state index contributed by atoms with van der Waals surface area (Å²) < 4.78 is 0. The highest BCUT2D eigenvalue weighted by atomic mass is 16.5. The topological polar surface area (TPSA) is 35.8 Å². The number of allylic oxidation sites excluding steroid dienone is 1. The van der Waals surface area contributed by atoms with Gasteiger partial charge in [-0.05, 0) is 6.07 Å². The molecule has 2 rings (SSSR count). The second-order valence-electron chi connectivity index (χ2n) is 2.93. The zero-order valence-electron chi connectivity index (χ0n) is 7.31. The number of rotatable bonds is 1. The summed E-state index contributed by atoms with van der Waals surface area (Å²) in [6.45, 7) is 0. The van der Waals surface area contributed by atoms with Crippen LogP contribution in [0, 0.1) is 0 Å².